The van der Waals surface area contributed by atoms with Gasteiger partial charge in [0.25, 0.3) is 5.56 Å². The zero-order chi connectivity index (χ0) is 23.4. The van der Waals surface area contributed by atoms with Crippen molar-refractivity contribution < 1.29 is 34.8 Å². The lowest BCUT2D eigenvalue weighted by Gasteiger charge is -2.43. The summed E-state index contributed by atoms with van der Waals surface area (Å²) in [7, 11) is 0. The van der Waals surface area contributed by atoms with Crippen LogP contribution in [0.15, 0.2) is 22.4 Å². The first-order chi connectivity index (χ1) is 14.6. The summed E-state index contributed by atoms with van der Waals surface area (Å²) in [4.78, 5) is 26.0. The minimum atomic E-state index is -3.32. The first-order valence-corrected chi connectivity index (χ1v) is 10.1. The number of ether oxygens (including phenoxy) is 1. The molecule has 1 fully saturated rings. The molecule has 5 atom stereocenters. The maximum absolute atomic E-state index is 14.8. The lowest BCUT2D eigenvalue weighted by Crippen LogP contribution is -2.69. The number of H-pyrrole nitrogens is 1. The van der Waals surface area contributed by atoms with Crippen molar-refractivity contribution in [3.63, 3.8) is 0 Å². The number of alkyl halides is 1. The van der Waals surface area contributed by atoms with E-state index >= 15 is 0 Å². The van der Waals surface area contributed by atoms with Crippen molar-refractivity contribution >= 4 is 6.08 Å². The lowest BCUT2D eigenvalue weighted by molar-refractivity contribution is -0.428. The smallest absolute Gasteiger partial charge is 0.332 e. The average Bonchev–Trinajstić information content (AvgIpc) is 2.94. The number of hydroxylamine groups is 2. The van der Waals surface area contributed by atoms with Crippen LogP contribution in [0.25, 0.3) is 6.08 Å². The molecule has 0 aromatic carbocycles. The third kappa shape index (κ3) is 4.51. The first-order valence-electron chi connectivity index (χ1n) is 10.1. The third-order valence-electron chi connectivity index (χ3n) is 5.42. The van der Waals surface area contributed by atoms with Crippen LogP contribution in [0.4, 0.5) is 4.39 Å². The number of aromatic nitrogens is 2. The molecule has 1 aliphatic rings. The molecule has 0 saturated carbocycles. The summed E-state index contributed by atoms with van der Waals surface area (Å²) in [6, 6.07) is 0. The van der Waals surface area contributed by atoms with Crippen molar-refractivity contribution in [3.8, 4) is 0 Å². The van der Waals surface area contributed by atoms with Gasteiger partial charge in [0.2, 0.25) is 5.72 Å². The molecular weight excluding hydrogens is 417 g/mol. The molecule has 1 saturated heterocycles. The molecule has 176 valence electrons. The highest BCUT2D eigenvalue weighted by atomic mass is 19.1. The monoisotopic (exact) mass is 447 g/mol. The number of hydrogen-bond acceptors (Lipinski definition) is 9. The van der Waals surface area contributed by atoms with Crippen LogP contribution in [0.5, 0.6) is 0 Å². The fourth-order valence-electron chi connectivity index (χ4n) is 3.58. The highest BCUT2D eigenvalue weighted by Gasteiger charge is 2.71. The Morgan fingerprint density at radius 1 is 1.35 bits per heavy atom. The van der Waals surface area contributed by atoms with Gasteiger partial charge >= 0.3 is 11.6 Å². The maximum atomic E-state index is 14.8. The quantitative estimate of drug-likeness (QED) is 0.114. The standard InChI is InChI=1S/C19H30FN3O8/c1-3-5-6-7-8-9-14(20)23(30)18(28)15(25)13(11-24)31-19(18,29)22-10-12(4-2)16(26)21-17(22)27/h4,10,13-15,24-25,28-30H,2-3,5-9,11H2,1H3,(H,21,26,27)/t13-,14?,15-,18-,19+/m1/s1. The summed E-state index contributed by atoms with van der Waals surface area (Å²) in [6.07, 6.45) is -0.882. The molecule has 0 bridgehead atoms. The number of nitrogens with one attached hydrogen (secondary N) is 1. The molecule has 6 N–H and O–H groups in total. The molecule has 0 radical (unpaired) electrons. The zero-order valence-corrected chi connectivity index (χ0v) is 17.3. The largest absolute Gasteiger partial charge is 0.394 e. The minimum absolute atomic E-state index is 0.224. The molecule has 0 spiro atoms. The first kappa shape index (κ1) is 25.3. The summed E-state index contributed by atoms with van der Waals surface area (Å²) in [6.45, 7) is 4.45. The van der Waals surface area contributed by atoms with Crippen molar-refractivity contribution in [2.24, 2.45) is 0 Å². The molecule has 12 heteroatoms. The predicted octanol–water partition coefficient (Wildman–Crippen LogP) is -0.430. The normalized spacial score (nSPS) is 29.4. The van der Waals surface area contributed by atoms with Crippen LogP contribution in [0.1, 0.15) is 51.0 Å². The molecule has 11 nitrogen and oxygen atoms in total. The number of unbranched alkanes of at least 4 members (excludes halogenated alkanes) is 4. The molecular formula is C19H30FN3O8. The Hall–Kier alpha value is -1.93. The van der Waals surface area contributed by atoms with E-state index in [1.807, 2.05) is 11.9 Å². The number of aromatic amines is 1. The van der Waals surface area contributed by atoms with Crippen LogP contribution in [0.3, 0.4) is 0 Å². The molecule has 1 aromatic rings. The van der Waals surface area contributed by atoms with Gasteiger partial charge in [-0.05, 0) is 12.8 Å². The van der Waals surface area contributed by atoms with Gasteiger partial charge in [0.1, 0.15) is 12.2 Å². The number of rotatable bonds is 11. The number of hydrogen-bond donors (Lipinski definition) is 6. The van der Waals surface area contributed by atoms with Crippen molar-refractivity contribution in [1.29, 1.82) is 0 Å². The molecule has 1 aliphatic heterocycles. The highest BCUT2D eigenvalue weighted by Crippen LogP contribution is 2.44. The van der Waals surface area contributed by atoms with Crippen LogP contribution < -0.4 is 11.2 Å². The molecule has 2 rings (SSSR count). The summed E-state index contributed by atoms with van der Waals surface area (Å²) in [5, 5.41) is 52.2. The summed E-state index contributed by atoms with van der Waals surface area (Å²) >= 11 is 0. The van der Waals surface area contributed by atoms with Gasteiger partial charge in [-0.15, -0.1) is 5.06 Å². The second-order valence-corrected chi connectivity index (χ2v) is 7.52. The molecule has 0 amide bonds. The van der Waals surface area contributed by atoms with Gasteiger partial charge in [-0.1, -0.05) is 45.3 Å². The Labute approximate surface area is 177 Å². The van der Waals surface area contributed by atoms with E-state index in [2.05, 4.69) is 6.58 Å². The topological polar surface area (TPSA) is 168 Å². The maximum Gasteiger partial charge on any atom is 0.332 e. The zero-order valence-electron chi connectivity index (χ0n) is 17.3. The third-order valence-corrected chi connectivity index (χ3v) is 5.42. The molecule has 0 aliphatic carbocycles. The van der Waals surface area contributed by atoms with E-state index in [0.717, 1.165) is 31.5 Å². The van der Waals surface area contributed by atoms with Crippen molar-refractivity contribution in [2.75, 3.05) is 6.61 Å². The number of nitrogens with zero attached hydrogens (tertiary/aromatic N) is 2. The molecule has 1 aromatic heterocycles. The van der Waals surface area contributed by atoms with Gasteiger partial charge < -0.3 is 30.4 Å². The van der Waals surface area contributed by atoms with E-state index in [1.54, 1.807) is 0 Å². The van der Waals surface area contributed by atoms with E-state index in [9.17, 15) is 39.6 Å². The van der Waals surface area contributed by atoms with E-state index in [-0.39, 0.29) is 21.6 Å². The Bertz CT molecular complexity index is 876. The van der Waals surface area contributed by atoms with Crippen molar-refractivity contribution in [2.45, 2.75) is 75.6 Å². The lowest BCUT2D eigenvalue weighted by atomic mass is 10.00. The fourth-order valence-corrected chi connectivity index (χ4v) is 3.58. The second kappa shape index (κ2) is 10.1. The molecule has 1 unspecified atom stereocenters. The Morgan fingerprint density at radius 3 is 2.58 bits per heavy atom. The van der Waals surface area contributed by atoms with Gasteiger partial charge in [-0.3, -0.25) is 9.78 Å². The number of aliphatic hydroxyl groups excluding tert-OH is 2. The number of aliphatic hydroxyl groups is 4. The van der Waals surface area contributed by atoms with Gasteiger partial charge in [0.05, 0.1) is 12.2 Å². The van der Waals surface area contributed by atoms with Gasteiger partial charge in [0.15, 0.2) is 6.30 Å². The minimum Gasteiger partial charge on any atom is -0.394 e. The SMILES string of the molecule is C=Cc1cn([C@@]2(O)O[C@H](CO)[C@@H](O)[C@]2(O)N(O)C(F)CCCCCCC)c(=O)[nH]c1=O. The van der Waals surface area contributed by atoms with Crippen LogP contribution in [-0.4, -0.2) is 71.1 Å². The Balaban J connectivity index is 2.45. The Kier molecular flexibility index (Phi) is 8.27. The second-order valence-electron chi connectivity index (χ2n) is 7.52. The highest BCUT2D eigenvalue weighted by molar-refractivity contribution is 5.43. The van der Waals surface area contributed by atoms with E-state index in [0.29, 0.717) is 12.8 Å². The van der Waals surface area contributed by atoms with Gasteiger partial charge in [0, 0.05) is 6.20 Å². The summed E-state index contributed by atoms with van der Waals surface area (Å²) in [5.74, 6) is -3.28. The summed E-state index contributed by atoms with van der Waals surface area (Å²) in [5.41, 5.74) is -5.69. The van der Waals surface area contributed by atoms with E-state index in [4.69, 9.17) is 4.74 Å². The molecule has 2 heterocycles. The average molecular weight is 447 g/mol. The van der Waals surface area contributed by atoms with Crippen molar-refractivity contribution in [3.05, 3.63) is 39.2 Å². The van der Waals surface area contributed by atoms with E-state index in [1.165, 1.54) is 0 Å². The van der Waals surface area contributed by atoms with Crippen molar-refractivity contribution in [1.82, 2.24) is 14.6 Å². The Morgan fingerprint density at radius 2 is 2.00 bits per heavy atom. The van der Waals surface area contributed by atoms with Gasteiger partial charge in [-0.2, -0.15) is 0 Å². The molecule has 31 heavy (non-hydrogen) atoms. The van der Waals surface area contributed by atoms with Crippen LogP contribution in [0, 0.1) is 0 Å². The number of halogens is 1. The van der Waals surface area contributed by atoms with Crippen LogP contribution in [-0.2, 0) is 10.6 Å². The van der Waals surface area contributed by atoms with Gasteiger partial charge in [-0.25, -0.2) is 13.8 Å². The van der Waals surface area contributed by atoms with Crippen LogP contribution >= 0.6 is 0 Å². The van der Waals surface area contributed by atoms with Crippen LogP contribution in [0.2, 0.25) is 0 Å². The van der Waals surface area contributed by atoms with E-state index < -0.39 is 48.0 Å². The predicted molar refractivity (Wildman–Crippen MR) is 106 cm³/mol. The summed E-state index contributed by atoms with van der Waals surface area (Å²) < 4.78 is 20.2. The fraction of sp³-hybridized carbons (Fsp3) is 0.684.